The van der Waals surface area contributed by atoms with E-state index < -0.39 is 29.8 Å². The molecule has 5 heterocycles. The highest BCUT2D eigenvalue weighted by Gasteiger charge is 2.44. The average Bonchev–Trinajstić information content (AvgIpc) is 3.89. The Hall–Kier alpha value is -6.16. The van der Waals surface area contributed by atoms with Crippen LogP contribution in [0.3, 0.4) is 0 Å². The third kappa shape index (κ3) is 9.65. The SMILES string of the molecule is O=C(C[C@@H]1CCN2C[C@@H]1CCOc1cc(C(F)(F)F)cc(n1)-c1cccc(c1)C(=O)N1C[C@H](OCc3cn(Cc4ccccc4)nn3)C[C@H]1C2=O)NCc1ccc(F)cc1. The predicted molar refractivity (Wildman–Crippen MR) is 209 cm³/mol. The fourth-order valence-corrected chi connectivity index (χ4v) is 8.22. The van der Waals surface area contributed by atoms with E-state index in [1.165, 1.54) is 23.1 Å². The molecule has 3 aliphatic heterocycles. The monoisotopic (exact) mass is 825 g/mol. The second kappa shape index (κ2) is 17.6. The second-order valence-corrected chi connectivity index (χ2v) is 15.5. The maximum Gasteiger partial charge on any atom is 0.416 e. The van der Waals surface area contributed by atoms with Crippen molar-refractivity contribution < 1.29 is 41.4 Å². The molecule has 0 radical (unpaired) electrons. The number of alkyl halides is 3. The van der Waals surface area contributed by atoms with E-state index in [0.29, 0.717) is 31.6 Å². The number of aromatic nitrogens is 4. The lowest BCUT2D eigenvalue weighted by atomic mass is 9.80. The summed E-state index contributed by atoms with van der Waals surface area (Å²) < 4.78 is 69.8. The van der Waals surface area contributed by atoms with Crippen molar-refractivity contribution in [3.63, 3.8) is 0 Å². The zero-order valence-corrected chi connectivity index (χ0v) is 32.6. The van der Waals surface area contributed by atoms with Gasteiger partial charge in [-0.15, -0.1) is 5.10 Å². The summed E-state index contributed by atoms with van der Waals surface area (Å²) in [7, 11) is 0. The van der Waals surface area contributed by atoms with Gasteiger partial charge < -0.3 is 24.6 Å². The van der Waals surface area contributed by atoms with E-state index in [2.05, 4.69) is 20.6 Å². The molecule has 0 unspecified atom stereocenters. The minimum absolute atomic E-state index is 0.0197. The van der Waals surface area contributed by atoms with Crippen molar-refractivity contribution in [3.05, 3.63) is 131 Å². The van der Waals surface area contributed by atoms with Gasteiger partial charge in [0.25, 0.3) is 5.91 Å². The smallest absolute Gasteiger partial charge is 0.416 e. The van der Waals surface area contributed by atoms with E-state index in [1.54, 1.807) is 46.1 Å². The summed E-state index contributed by atoms with van der Waals surface area (Å²) in [6, 6.07) is 22.7. The highest BCUT2D eigenvalue weighted by atomic mass is 19.4. The Labute approximate surface area is 343 Å². The van der Waals surface area contributed by atoms with Gasteiger partial charge in [-0.2, -0.15) is 13.2 Å². The number of rotatable bonds is 9. The minimum Gasteiger partial charge on any atom is -0.478 e. The van der Waals surface area contributed by atoms with E-state index in [1.807, 2.05) is 30.3 Å². The summed E-state index contributed by atoms with van der Waals surface area (Å²) in [4.78, 5) is 49.8. The zero-order chi connectivity index (χ0) is 41.8. The van der Waals surface area contributed by atoms with Gasteiger partial charge in [-0.1, -0.05) is 59.8 Å². The molecule has 5 aromatic rings. The fraction of sp³-hybridized carbons (Fsp3) is 0.364. The Bertz CT molecular complexity index is 2320. The molecule has 6 bridgehead atoms. The number of nitrogens with one attached hydrogen (secondary N) is 1. The number of fused-ring (bicyclic) bond motifs is 8. The highest BCUT2D eigenvalue weighted by Crippen LogP contribution is 2.36. The number of carbonyl (C=O) groups excluding carboxylic acids is 3. The summed E-state index contributed by atoms with van der Waals surface area (Å²) in [5.41, 5.74) is 1.83. The first kappa shape index (κ1) is 40.6. The molecule has 2 fully saturated rings. The van der Waals surface area contributed by atoms with Crippen LogP contribution in [-0.4, -0.2) is 85.9 Å². The second-order valence-electron chi connectivity index (χ2n) is 15.5. The van der Waals surface area contributed by atoms with Crippen LogP contribution in [0.15, 0.2) is 97.2 Å². The maximum atomic E-state index is 14.6. The zero-order valence-electron chi connectivity index (χ0n) is 32.6. The predicted octanol–water partition coefficient (Wildman–Crippen LogP) is 6.30. The number of carbonyl (C=O) groups is 3. The lowest BCUT2D eigenvalue weighted by Crippen LogP contribution is -2.52. The molecule has 3 aromatic carbocycles. The Kier molecular flexibility index (Phi) is 11.9. The van der Waals surface area contributed by atoms with Gasteiger partial charge in [0.2, 0.25) is 17.7 Å². The standard InChI is InChI=1S/C44H43F4N7O5/c45-35-11-9-28(10-12-35)22-49-40(56)18-30-13-15-53-24-33(30)14-16-59-41-20-34(44(46,47)48)19-38(50-41)31-7-4-8-32(17-31)42(57)55-26-37(21-39(55)43(53)58)60-27-36-25-54(52-51-36)23-29-5-2-1-3-6-29/h1-12,17,19-20,25,30,33,37,39H,13-16,18,21-24,26-27H2,(H,49,56)/t30-,33-,37+,39-/m0/s1. The van der Waals surface area contributed by atoms with E-state index in [0.717, 1.165) is 23.3 Å². The first-order valence-electron chi connectivity index (χ1n) is 19.9. The van der Waals surface area contributed by atoms with E-state index in [4.69, 9.17) is 9.47 Å². The van der Waals surface area contributed by atoms with E-state index in [9.17, 15) is 31.9 Å². The molecule has 3 aliphatic rings. The van der Waals surface area contributed by atoms with Crippen LogP contribution in [0.2, 0.25) is 0 Å². The van der Waals surface area contributed by atoms with Gasteiger partial charge in [-0.25, -0.2) is 14.1 Å². The Morgan fingerprint density at radius 3 is 2.52 bits per heavy atom. The van der Waals surface area contributed by atoms with Crippen molar-refractivity contribution in [1.29, 1.82) is 0 Å². The molecule has 2 saturated heterocycles. The Morgan fingerprint density at radius 1 is 0.917 bits per heavy atom. The summed E-state index contributed by atoms with van der Waals surface area (Å²) in [5.74, 6) is -2.04. The van der Waals surface area contributed by atoms with Gasteiger partial charge in [0.1, 0.15) is 17.6 Å². The molecule has 60 heavy (non-hydrogen) atoms. The van der Waals surface area contributed by atoms with Crippen molar-refractivity contribution in [1.82, 2.24) is 35.1 Å². The van der Waals surface area contributed by atoms with Gasteiger partial charge in [0.05, 0.1) is 43.3 Å². The molecule has 0 saturated carbocycles. The molecule has 1 N–H and O–H groups in total. The topological polar surface area (TPSA) is 132 Å². The molecule has 0 aliphatic carbocycles. The number of piperidine rings is 1. The molecule has 4 atom stereocenters. The molecule has 0 spiro atoms. The van der Waals surface area contributed by atoms with Crippen LogP contribution >= 0.6 is 0 Å². The highest BCUT2D eigenvalue weighted by molar-refractivity contribution is 5.99. The molecular formula is C44H43F4N7O5. The number of benzene rings is 3. The fourth-order valence-electron chi connectivity index (χ4n) is 8.22. The van der Waals surface area contributed by atoms with Gasteiger partial charge in [-0.3, -0.25) is 14.4 Å². The van der Waals surface area contributed by atoms with Crippen molar-refractivity contribution in [2.75, 3.05) is 26.2 Å². The number of ether oxygens (including phenoxy) is 2. The molecule has 12 nitrogen and oxygen atoms in total. The normalized spacial score (nSPS) is 20.7. The van der Waals surface area contributed by atoms with E-state index in [-0.39, 0.29) is 97.9 Å². The quantitative estimate of drug-likeness (QED) is 0.172. The summed E-state index contributed by atoms with van der Waals surface area (Å²) in [6.07, 6.45) is -2.33. The Morgan fingerprint density at radius 2 is 1.72 bits per heavy atom. The molecule has 312 valence electrons. The van der Waals surface area contributed by atoms with E-state index >= 15 is 0 Å². The average molecular weight is 826 g/mol. The maximum absolute atomic E-state index is 14.6. The van der Waals surface area contributed by atoms with Gasteiger partial charge in [0.15, 0.2) is 0 Å². The third-order valence-corrected chi connectivity index (χ3v) is 11.4. The number of hydrogen-bond acceptors (Lipinski definition) is 8. The van der Waals surface area contributed by atoms with Crippen LogP contribution in [0.4, 0.5) is 17.6 Å². The molecule has 2 aromatic heterocycles. The van der Waals surface area contributed by atoms with Crippen molar-refractivity contribution in [2.45, 2.75) is 63.7 Å². The van der Waals surface area contributed by atoms with Gasteiger partial charge >= 0.3 is 6.18 Å². The van der Waals surface area contributed by atoms with Crippen molar-refractivity contribution in [2.24, 2.45) is 11.8 Å². The first-order valence-corrected chi connectivity index (χ1v) is 19.9. The molecule has 16 heteroatoms. The van der Waals surface area contributed by atoms with Gasteiger partial charge in [0, 0.05) is 56.2 Å². The summed E-state index contributed by atoms with van der Waals surface area (Å²) in [5, 5.41) is 11.4. The summed E-state index contributed by atoms with van der Waals surface area (Å²) in [6.45, 7) is 1.46. The molecule has 3 amide bonds. The lowest BCUT2D eigenvalue weighted by molar-refractivity contribution is -0.139. The van der Waals surface area contributed by atoms with Crippen LogP contribution in [0.25, 0.3) is 11.3 Å². The van der Waals surface area contributed by atoms with Crippen LogP contribution in [-0.2, 0) is 40.2 Å². The molecule has 8 rings (SSSR count). The van der Waals surface area contributed by atoms with Crippen LogP contribution in [0.1, 0.15) is 58.4 Å². The van der Waals surface area contributed by atoms with Crippen LogP contribution in [0, 0.1) is 17.7 Å². The number of pyridine rings is 1. The lowest BCUT2D eigenvalue weighted by Gasteiger charge is -2.40. The number of halogens is 4. The van der Waals surface area contributed by atoms with Crippen LogP contribution in [0.5, 0.6) is 5.88 Å². The van der Waals surface area contributed by atoms with Gasteiger partial charge in [-0.05, 0) is 66.1 Å². The summed E-state index contributed by atoms with van der Waals surface area (Å²) >= 11 is 0. The number of nitrogens with zero attached hydrogens (tertiary/aromatic N) is 6. The van der Waals surface area contributed by atoms with Crippen molar-refractivity contribution in [3.8, 4) is 17.1 Å². The Balaban J connectivity index is 1.05. The van der Waals surface area contributed by atoms with Crippen LogP contribution < -0.4 is 10.1 Å². The number of hydrogen-bond donors (Lipinski definition) is 1. The largest absolute Gasteiger partial charge is 0.478 e. The first-order chi connectivity index (χ1) is 28.9. The van der Waals surface area contributed by atoms with Crippen molar-refractivity contribution >= 4 is 17.7 Å². The number of amides is 3. The third-order valence-electron chi connectivity index (χ3n) is 11.4. The minimum atomic E-state index is -4.70. The molecular weight excluding hydrogens is 783 g/mol.